The zero-order chi connectivity index (χ0) is 27.4. The first-order valence-corrected chi connectivity index (χ1v) is 11.2. The second-order valence-corrected chi connectivity index (χ2v) is 7.61. The molecule has 37 heavy (non-hydrogen) atoms. The van der Waals surface area contributed by atoms with Gasteiger partial charge in [-0.05, 0) is 49.7 Å². The van der Waals surface area contributed by atoms with Crippen LogP contribution in [-0.2, 0) is 24.0 Å². The molecule has 12 nitrogen and oxygen atoms in total. The lowest BCUT2D eigenvalue weighted by molar-refractivity contribution is -0.213. The van der Waals surface area contributed by atoms with Crippen molar-refractivity contribution in [2.75, 3.05) is 6.79 Å². The summed E-state index contributed by atoms with van der Waals surface area (Å²) in [6, 6.07) is 10.9. The van der Waals surface area contributed by atoms with E-state index in [9.17, 15) is 24.0 Å². The van der Waals surface area contributed by atoms with Crippen molar-refractivity contribution in [3.8, 4) is 5.75 Å². The molecule has 0 spiro atoms. The number of carbonyl (C=O) groups is 5. The Labute approximate surface area is 212 Å². The minimum atomic E-state index is -1.05. The second-order valence-electron chi connectivity index (χ2n) is 7.61. The number of aliphatic imine (C=N–C) groups is 1. The number of nitrogens with zero attached hydrogens (tertiary/aromatic N) is 1. The molecule has 196 valence electrons. The molecule has 0 heterocycles. The molecule has 0 fully saturated rings. The third-order valence-electron chi connectivity index (χ3n) is 4.66. The van der Waals surface area contributed by atoms with Crippen molar-refractivity contribution in [2.45, 2.75) is 39.7 Å². The maximum Gasteiger partial charge on any atom is 0.438 e. The van der Waals surface area contributed by atoms with Gasteiger partial charge in [-0.25, -0.2) is 9.59 Å². The number of benzene rings is 2. The lowest BCUT2D eigenvalue weighted by Gasteiger charge is -2.13. The molecule has 12 heteroatoms. The maximum absolute atomic E-state index is 12.7. The fraction of sp³-hybridized carbons (Fsp3) is 0.280. The van der Waals surface area contributed by atoms with Crippen LogP contribution in [0.2, 0.25) is 0 Å². The summed E-state index contributed by atoms with van der Waals surface area (Å²) in [5.41, 5.74) is 6.66. The Morgan fingerprint density at radius 2 is 1.51 bits per heavy atom. The summed E-state index contributed by atoms with van der Waals surface area (Å²) in [6.07, 6.45) is -0.196. The van der Waals surface area contributed by atoms with Gasteiger partial charge in [0.1, 0.15) is 5.84 Å². The molecule has 3 N–H and O–H groups in total. The molecule has 1 unspecified atom stereocenters. The number of amidine groups is 1. The Bertz CT molecular complexity index is 1160. The number of nitrogens with one attached hydrogen (secondary N) is 1. The summed E-state index contributed by atoms with van der Waals surface area (Å²) in [5.74, 6) is -1.89. The maximum atomic E-state index is 12.7. The number of rotatable bonds is 11. The summed E-state index contributed by atoms with van der Waals surface area (Å²) in [6.45, 7) is 3.94. The predicted octanol–water partition coefficient (Wildman–Crippen LogP) is 2.69. The van der Waals surface area contributed by atoms with Crippen molar-refractivity contribution < 1.29 is 43.2 Å². The minimum Gasteiger partial charge on any atom is -0.428 e. The highest BCUT2D eigenvalue weighted by molar-refractivity contribution is 6.05. The molecule has 2 aromatic rings. The van der Waals surface area contributed by atoms with E-state index >= 15 is 0 Å². The molecule has 0 saturated carbocycles. The average molecular weight is 514 g/mol. The van der Waals surface area contributed by atoms with Crippen LogP contribution >= 0.6 is 0 Å². The highest BCUT2D eigenvalue weighted by atomic mass is 17.2. The highest BCUT2D eigenvalue weighted by Crippen LogP contribution is 2.15. The van der Waals surface area contributed by atoms with Gasteiger partial charge in [-0.3, -0.25) is 24.2 Å². The lowest BCUT2D eigenvalue weighted by atomic mass is 10.0. The molecule has 0 bridgehead atoms. The zero-order valence-electron chi connectivity index (χ0n) is 20.5. The Morgan fingerprint density at radius 3 is 2.11 bits per heavy atom. The van der Waals surface area contributed by atoms with Gasteiger partial charge in [0, 0.05) is 30.0 Å². The molecule has 0 aliphatic carbocycles. The van der Waals surface area contributed by atoms with Crippen LogP contribution in [0.3, 0.4) is 0 Å². The number of amides is 2. The van der Waals surface area contributed by atoms with E-state index in [1.165, 1.54) is 55.5 Å². The molecule has 0 aliphatic heterocycles. The molecular weight excluding hydrogens is 486 g/mol. The average Bonchev–Trinajstić information content (AvgIpc) is 2.87. The number of ketones is 1. The zero-order valence-corrected chi connectivity index (χ0v) is 20.5. The molecule has 1 atom stereocenters. The number of carbonyl (C=O) groups excluding carboxylic acids is 5. The molecule has 0 radical (unpaired) electrons. The van der Waals surface area contributed by atoms with Gasteiger partial charge in [-0.1, -0.05) is 19.1 Å². The van der Waals surface area contributed by atoms with Crippen molar-refractivity contribution in [3.63, 3.8) is 0 Å². The SMILES string of the molecule is CCCC(=O)OOc1ccc(C(=O)C(C)NC(=O)c2ccc(/C(N)=N/C(=O)OCOC(C)=O)cc2)cc1. The summed E-state index contributed by atoms with van der Waals surface area (Å²) in [4.78, 5) is 72.0. The van der Waals surface area contributed by atoms with E-state index in [2.05, 4.69) is 24.7 Å². The van der Waals surface area contributed by atoms with Crippen LogP contribution in [-0.4, -0.2) is 48.4 Å². The summed E-state index contributed by atoms with van der Waals surface area (Å²) in [7, 11) is 0. The van der Waals surface area contributed by atoms with Crippen LogP contribution in [0, 0.1) is 0 Å². The fourth-order valence-electron chi connectivity index (χ4n) is 2.76. The van der Waals surface area contributed by atoms with Crippen LogP contribution in [0.15, 0.2) is 53.5 Å². The van der Waals surface area contributed by atoms with Crippen LogP contribution in [0.1, 0.15) is 59.9 Å². The monoisotopic (exact) mass is 513 g/mol. The van der Waals surface area contributed by atoms with E-state index in [4.69, 9.17) is 10.6 Å². The van der Waals surface area contributed by atoms with Gasteiger partial charge in [0.15, 0.2) is 11.5 Å². The van der Waals surface area contributed by atoms with E-state index in [-0.39, 0.29) is 29.4 Å². The van der Waals surface area contributed by atoms with Gasteiger partial charge in [0.05, 0.1) is 6.04 Å². The lowest BCUT2D eigenvalue weighted by Crippen LogP contribution is -2.38. The summed E-state index contributed by atoms with van der Waals surface area (Å²) < 4.78 is 9.04. The third-order valence-corrected chi connectivity index (χ3v) is 4.66. The van der Waals surface area contributed by atoms with Crippen LogP contribution in [0.5, 0.6) is 5.75 Å². The topological polar surface area (TPSA) is 173 Å². The van der Waals surface area contributed by atoms with Crippen LogP contribution in [0.4, 0.5) is 4.79 Å². The van der Waals surface area contributed by atoms with Gasteiger partial charge in [-0.2, -0.15) is 4.99 Å². The second kappa shape index (κ2) is 14.0. The standard InChI is InChI=1S/C25H27N3O9/c1-4-5-21(30)37-36-20-12-10-17(11-13-20)22(31)15(2)27-24(32)19-8-6-18(7-9-19)23(26)28-25(33)35-14-34-16(3)29/h6-13,15H,4-5,14H2,1-3H3,(H,27,32)(H2,26,28,33). The van der Waals surface area contributed by atoms with Crippen molar-refractivity contribution in [1.29, 1.82) is 0 Å². The van der Waals surface area contributed by atoms with Crippen molar-refractivity contribution in [3.05, 3.63) is 65.2 Å². The Balaban J connectivity index is 1.92. The Kier molecular flexibility index (Phi) is 10.8. The van der Waals surface area contributed by atoms with Gasteiger partial charge < -0.3 is 20.5 Å². The van der Waals surface area contributed by atoms with Crippen molar-refractivity contribution in [1.82, 2.24) is 5.32 Å². The fourth-order valence-corrected chi connectivity index (χ4v) is 2.76. The Morgan fingerprint density at radius 1 is 0.919 bits per heavy atom. The van der Waals surface area contributed by atoms with Gasteiger partial charge >= 0.3 is 18.0 Å². The van der Waals surface area contributed by atoms with E-state index in [0.717, 1.165) is 6.92 Å². The molecule has 0 aromatic heterocycles. The summed E-state index contributed by atoms with van der Waals surface area (Å²) in [5, 5.41) is 2.61. The number of ether oxygens (including phenoxy) is 2. The predicted molar refractivity (Wildman–Crippen MR) is 130 cm³/mol. The number of Topliss-reactive ketones (excluding diaryl/α,β-unsaturated/α-hetero) is 1. The first kappa shape index (κ1) is 28.5. The normalized spacial score (nSPS) is 11.6. The number of hydrogen-bond acceptors (Lipinski definition) is 9. The smallest absolute Gasteiger partial charge is 0.428 e. The van der Waals surface area contributed by atoms with Crippen molar-refractivity contribution >= 4 is 35.6 Å². The number of esters is 1. The van der Waals surface area contributed by atoms with Gasteiger partial charge in [0.25, 0.3) is 5.91 Å². The minimum absolute atomic E-state index is 0.170. The first-order valence-electron chi connectivity index (χ1n) is 11.2. The van der Waals surface area contributed by atoms with Gasteiger partial charge in [0.2, 0.25) is 6.79 Å². The Hall–Kier alpha value is -4.74. The largest absolute Gasteiger partial charge is 0.438 e. The van der Waals surface area contributed by atoms with Crippen LogP contribution in [0.25, 0.3) is 0 Å². The van der Waals surface area contributed by atoms with E-state index in [1.807, 2.05) is 6.92 Å². The number of nitrogens with two attached hydrogens (primary N) is 1. The van der Waals surface area contributed by atoms with E-state index < -0.39 is 36.8 Å². The molecule has 2 rings (SSSR count). The van der Waals surface area contributed by atoms with E-state index in [1.54, 1.807) is 0 Å². The molecule has 0 saturated heterocycles. The van der Waals surface area contributed by atoms with Crippen LogP contribution < -0.4 is 15.9 Å². The molecule has 2 amide bonds. The molecular formula is C25H27N3O9. The number of hydrogen-bond donors (Lipinski definition) is 2. The highest BCUT2D eigenvalue weighted by Gasteiger charge is 2.19. The van der Waals surface area contributed by atoms with Crippen molar-refractivity contribution in [2.24, 2.45) is 10.7 Å². The molecule has 0 aliphatic rings. The molecule has 2 aromatic carbocycles. The third kappa shape index (κ3) is 9.43. The van der Waals surface area contributed by atoms with E-state index in [0.29, 0.717) is 17.5 Å². The first-order chi connectivity index (χ1) is 17.6. The van der Waals surface area contributed by atoms with Gasteiger partial charge in [-0.15, -0.1) is 0 Å². The quantitative estimate of drug-likeness (QED) is 0.0865. The summed E-state index contributed by atoms with van der Waals surface area (Å²) >= 11 is 0.